The van der Waals surface area contributed by atoms with Gasteiger partial charge in [0.1, 0.15) is 0 Å². The lowest BCUT2D eigenvalue weighted by molar-refractivity contribution is -0.132. The van der Waals surface area contributed by atoms with Gasteiger partial charge in [0.2, 0.25) is 5.91 Å². The summed E-state index contributed by atoms with van der Waals surface area (Å²) in [5.74, 6) is 0.228. The number of hydrogen-bond acceptors (Lipinski definition) is 3. The van der Waals surface area contributed by atoms with Gasteiger partial charge in [-0.25, -0.2) is 0 Å². The van der Waals surface area contributed by atoms with Crippen LogP contribution in [0.1, 0.15) is 45.4 Å². The third-order valence-electron chi connectivity index (χ3n) is 3.20. The molecule has 1 aliphatic rings. The van der Waals surface area contributed by atoms with Crippen molar-refractivity contribution in [3.05, 3.63) is 0 Å². The highest BCUT2D eigenvalue weighted by molar-refractivity contribution is 5.76. The summed E-state index contributed by atoms with van der Waals surface area (Å²) in [6, 6.07) is 0. The second kappa shape index (κ2) is 8.48. The Kier molecular flexibility index (Phi) is 7.21. The first-order valence-corrected chi connectivity index (χ1v) is 6.87. The van der Waals surface area contributed by atoms with Crippen LogP contribution in [0.5, 0.6) is 0 Å². The summed E-state index contributed by atoms with van der Waals surface area (Å²) in [6.45, 7) is 4.99. The molecule has 0 aromatic rings. The molecule has 1 rings (SSSR count). The standard InChI is InChI=1S/C13H26N2O2/c1-2-9-15(10-8-14)13(16)7-6-12-5-3-4-11-17-12/h12H,2-11,14H2,1H3. The van der Waals surface area contributed by atoms with Gasteiger partial charge >= 0.3 is 0 Å². The van der Waals surface area contributed by atoms with Crippen LogP contribution in [0, 0.1) is 0 Å². The van der Waals surface area contributed by atoms with E-state index in [1.807, 2.05) is 4.90 Å². The first-order valence-electron chi connectivity index (χ1n) is 6.87. The molecule has 0 aromatic heterocycles. The molecule has 0 aliphatic carbocycles. The maximum Gasteiger partial charge on any atom is 0.222 e. The molecule has 1 atom stereocenters. The van der Waals surface area contributed by atoms with Crippen molar-refractivity contribution >= 4 is 5.91 Å². The third kappa shape index (κ3) is 5.50. The highest BCUT2D eigenvalue weighted by Crippen LogP contribution is 2.17. The Balaban J connectivity index is 2.25. The molecular formula is C13H26N2O2. The van der Waals surface area contributed by atoms with Gasteiger partial charge in [0.05, 0.1) is 6.10 Å². The topological polar surface area (TPSA) is 55.6 Å². The first kappa shape index (κ1) is 14.5. The Morgan fingerprint density at radius 3 is 2.82 bits per heavy atom. The summed E-state index contributed by atoms with van der Waals surface area (Å²) >= 11 is 0. The molecule has 1 heterocycles. The van der Waals surface area contributed by atoms with Crippen LogP contribution in [0.25, 0.3) is 0 Å². The summed E-state index contributed by atoms with van der Waals surface area (Å²) in [7, 11) is 0. The molecule has 0 aromatic carbocycles. The molecule has 1 unspecified atom stereocenters. The Morgan fingerprint density at radius 1 is 1.41 bits per heavy atom. The van der Waals surface area contributed by atoms with Crippen LogP contribution in [0.3, 0.4) is 0 Å². The van der Waals surface area contributed by atoms with E-state index < -0.39 is 0 Å². The molecule has 4 heteroatoms. The minimum atomic E-state index is 0.228. The van der Waals surface area contributed by atoms with Gasteiger partial charge in [0, 0.05) is 32.7 Å². The molecule has 1 fully saturated rings. The van der Waals surface area contributed by atoms with Gasteiger partial charge < -0.3 is 15.4 Å². The van der Waals surface area contributed by atoms with Crippen molar-refractivity contribution in [2.75, 3.05) is 26.2 Å². The van der Waals surface area contributed by atoms with E-state index in [-0.39, 0.29) is 5.91 Å². The molecule has 1 amide bonds. The maximum atomic E-state index is 12.0. The number of nitrogens with two attached hydrogens (primary N) is 1. The van der Waals surface area contributed by atoms with Gasteiger partial charge in [0.25, 0.3) is 0 Å². The predicted octanol–water partition coefficient (Wildman–Crippen LogP) is 1.53. The van der Waals surface area contributed by atoms with Gasteiger partial charge in [-0.15, -0.1) is 0 Å². The average Bonchev–Trinajstić information content (AvgIpc) is 2.37. The van der Waals surface area contributed by atoms with Crippen LogP contribution >= 0.6 is 0 Å². The summed E-state index contributed by atoms with van der Waals surface area (Å²) in [6.07, 6.45) is 6.27. The molecule has 4 nitrogen and oxygen atoms in total. The summed E-state index contributed by atoms with van der Waals surface area (Å²) in [5, 5.41) is 0. The molecule has 100 valence electrons. The van der Waals surface area contributed by atoms with Gasteiger partial charge in [-0.2, -0.15) is 0 Å². The second-order valence-corrected chi connectivity index (χ2v) is 4.70. The highest BCUT2D eigenvalue weighted by Gasteiger charge is 2.17. The smallest absolute Gasteiger partial charge is 0.222 e. The molecule has 0 spiro atoms. The lowest BCUT2D eigenvalue weighted by Gasteiger charge is -2.25. The highest BCUT2D eigenvalue weighted by atomic mass is 16.5. The normalized spacial score (nSPS) is 20.2. The van der Waals surface area contributed by atoms with E-state index in [2.05, 4.69) is 6.92 Å². The van der Waals surface area contributed by atoms with Gasteiger partial charge in [-0.1, -0.05) is 6.92 Å². The molecule has 17 heavy (non-hydrogen) atoms. The van der Waals surface area contributed by atoms with E-state index in [4.69, 9.17) is 10.5 Å². The van der Waals surface area contributed by atoms with E-state index in [1.54, 1.807) is 0 Å². The summed E-state index contributed by atoms with van der Waals surface area (Å²) in [4.78, 5) is 13.9. The summed E-state index contributed by atoms with van der Waals surface area (Å²) in [5.41, 5.74) is 5.52. The van der Waals surface area contributed by atoms with Crippen molar-refractivity contribution < 1.29 is 9.53 Å². The van der Waals surface area contributed by atoms with Crippen molar-refractivity contribution in [1.82, 2.24) is 4.90 Å². The maximum absolute atomic E-state index is 12.0. The molecule has 0 saturated carbocycles. The Morgan fingerprint density at radius 2 is 2.24 bits per heavy atom. The number of carbonyl (C=O) groups is 1. The number of ether oxygens (including phenoxy) is 1. The Hall–Kier alpha value is -0.610. The van der Waals surface area contributed by atoms with Crippen molar-refractivity contribution in [2.24, 2.45) is 5.73 Å². The number of rotatable bonds is 7. The minimum Gasteiger partial charge on any atom is -0.378 e. The van der Waals surface area contributed by atoms with E-state index in [0.717, 1.165) is 32.4 Å². The van der Waals surface area contributed by atoms with Crippen molar-refractivity contribution in [3.63, 3.8) is 0 Å². The van der Waals surface area contributed by atoms with Crippen molar-refractivity contribution in [1.29, 1.82) is 0 Å². The molecule has 0 bridgehead atoms. The van der Waals surface area contributed by atoms with Crippen LogP contribution in [0.4, 0.5) is 0 Å². The van der Waals surface area contributed by atoms with Crippen LogP contribution < -0.4 is 5.73 Å². The third-order valence-corrected chi connectivity index (χ3v) is 3.20. The largest absolute Gasteiger partial charge is 0.378 e. The molecule has 2 N–H and O–H groups in total. The molecule has 1 saturated heterocycles. The van der Waals surface area contributed by atoms with E-state index in [0.29, 0.717) is 25.6 Å². The van der Waals surface area contributed by atoms with Crippen molar-refractivity contribution in [2.45, 2.75) is 51.6 Å². The monoisotopic (exact) mass is 242 g/mol. The SMILES string of the molecule is CCCN(CCN)C(=O)CCC1CCCCO1. The van der Waals surface area contributed by atoms with Crippen LogP contribution in [0.2, 0.25) is 0 Å². The van der Waals surface area contributed by atoms with E-state index >= 15 is 0 Å². The number of nitrogens with zero attached hydrogens (tertiary/aromatic N) is 1. The second-order valence-electron chi connectivity index (χ2n) is 4.70. The van der Waals surface area contributed by atoms with Crippen molar-refractivity contribution in [3.8, 4) is 0 Å². The molecular weight excluding hydrogens is 216 g/mol. The Labute approximate surface area is 104 Å². The van der Waals surface area contributed by atoms with Gasteiger partial charge in [0.15, 0.2) is 0 Å². The lowest BCUT2D eigenvalue weighted by atomic mass is 10.0. The lowest BCUT2D eigenvalue weighted by Crippen LogP contribution is -2.36. The zero-order valence-electron chi connectivity index (χ0n) is 11.0. The molecule has 1 aliphatic heterocycles. The Bertz CT molecular complexity index is 209. The fraction of sp³-hybridized carbons (Fsp3) is 0.923. The summed E-state index contributed by atoms with van der Waals surface area (Å²) < 4.78 is 5.63. The first-order chi connectivity index (χ1) is 8.27. The fourth-order valence-electron chi connectivity index (χ4n) is 2.26. The van der Waals surface area contributed by atoms with E-state index in [9.17, 15) is 4.79 Å². The van der Waals surface area contributed by atoms with Crippen LogP contribution in [-0.4, -0.2) is 43.2 Å². The van der Waals surface area contributed by atoms with Gasteiger partial charge in [-0.3, -0.25) is 4.79 Å². The van der Waals surface area contributed by atoms with Crippen LogP contribution in [-0.2, 0) is 9.53 Å². The number of amides is 1. The van der Waals surface area contributed by atoms with E-state index in [1.165, 1.54) is 12.8 Å². The van der Waals surface area contributed by atoms with Crippen LogP contribution in [0.15, 0.2) is 0 Å². The average molecular weight is 242 g/mol. The molecule has 0 radical (unpaired) electrons. The predicted molar refractivity (Wildman–Crippen MR) is 68.8 cm³/mol. The zero-order chi connectivity index (χ0) is 12.5. The zero-order valence-corrected chi connectivity index (χ0v) is 11.0. The number of carbonyl (C=O) groups excluding carboxylic acids is 1. The van der Waals surface area contributed by atoms with Gasteiger partial charge in [-0.05, 0) is 32.1 Å². The fourth-order valence-corrected chi connectivity index (χ4v) is 2.26. The minimum absolute atomic E-state index is 0.228. The number of hydrogen-bond donors (Lipinski definition) is 1. The quantitative estimate of drug-likeness (QED) is 0.736.